The molecule has 1 saturated carbocycles. The summed E-state index contributed by atoms with van der Waals surface area (Å²) in [4.78, 5) is 33.7. The van der Waals surface area contributed by atoms with Crippen molar-refractivity contribution < 1.29 is 19.1 Å². The molecule has 1 aromatic rings. The summed E-state index contributed by atoms with van der Waals surface area (Å²) in [5.41, 5.74) is 5.39. The fraction of sp³-hybridized carbons (Fsp3) is 0.364. The summed E-state index contributed by atoms with van der Waals surface area (Å²) >= 11 is 1.19. The lowest BCUT2D eigenvalue weighted by Gasteiger charge is -2.05. The second-order valence-electron chi connectivity index (χ2n) is 3.96. The van der Waals surface area contributed by atoms with E-state index in [0.29, 0.717) is 5.00 Å². The van der Waals surface area contributed by atoms with E-state index in [1.165, 1.54) is 17.4 Å². The number of ether oxygens (including phenoxy) is 1. The largest absolute Gasteiger partial charge is 0.455 e. The van der Waals surface area contributed by atoms with Crippen LogP contribution in [0.2, 0.25) is 0 Å². The molecule has 1 aliphatic rings. The highest BCUT2D eigenvalue weighted by atomic mass is 32.1. The van der Waals surface area contributed by atoms with Crippen molar-refractivity contribution in [3.8, 4) is 0 Å². The van der Waals surface area contributed by atoms with Gasteiger partial charge in [-0.05, 0) is 24.3 Å². The molecule has 0 unspecified atom stereocenters. The van der Waals surface area contributed by atoms with Gasteiger partial charge in [-0.3, -0.25) is 14.4 Å². The van der Waals surface area contributed by atoms with Gasteiger partial charge in [0.1, 0.15) is 5.00 Å². The van der Waals surface area contributed by atoms with Crippen molar-refractivity contribution in [3.63, 3.8) is 0 Å². The van der Waals surface area contributed by atoms with Gasteiger partial charge in [0, 0.05) is 0 Å². The van der Waals surface area contributed by atoms with Crippen LogP contribution in [0.5, 0.6) is 0 Å². The van der Waals surface area contributed by atoms with Crippen LogP contribution in [0, 0.1) is 5.92 Å². The Balaban J connectivity index is 1.84. The Morgan fingerprint density at radius 1 is 1.44 bits per heavy atom. The number of primary amides is 1. The molecular formula is C11H12N2O4S. The molecule has 6 nitrogen and oxygen atoms in total. The van der Waals surface area contributed by atoms with E-state index >= 15 is 0 Å². The zero-order chi connectivity index (χ0) is 13.1. The molecule has 1 aromatic heterocycles. The third kappa shape index (κ3) is 3.07. The molecule has 2 rings (SSSR count). The minimum Gasteiger partial charge on any atom is -0.455 e. The Hall–Kier alpha value is -1.89. The van der Waals surface area contributed by atoms with Gasteiger partial charge < -0.3 is 15.8 Å². The zero-order valence-electron chi connectivity index (χ0n) is 9.47. The van der Waals surface area contributed by atoms with Crippen LogP contribution in [-0.4, -0.2) is 24.4 Å². The predicted octanol–water partition coefficient (Wildman–Crippen LogP) is 0.739. The summed E-state index contributed by atoms with van der Waals surface area (Å²) in [6, 6.07) is 1.53. The summed E-state index contributed by atoms with van der Waals surface area (Å²) in [5, 5.41) is 4.50. The van der Waals surface area contributed by atoms with E-state index in [2.05, 4.69) is 5.32 Å². The minimum atomic E-state index is -0.610. The Kier molecular flexibility index (Phi) is 3.61. The highest BCUT2D eigenvalue weighted by Gasteiger charge is 2.31. The average Bonchev–Trinajstić information content (AvgIpc) is 3.07. The quantitative estimate of drug-likeness (QED) is 0.769. The second kappa shape index (κ2) is 5.18. The monoisotopic (exact) mass is 268 g/mol. The first-order chi connectivity index (χ1) is 8.58. The molecule has 7 heteroatoms. The van der Waals surface area contributed by atoms with Crippen LogP contribution >= 0.6 is 11.3 Å². The molecule has 0 aromatic carbocycles. The van der Waals surface area contributed by atoms with Crippen molar-refractivity contribution in [2.75, 3.05) is 11.9 Å². The fourth-order valence-corrected chi connectivity index (χ4v) is 2.14. The molecular weight excluding hydrogens is 256 g/mol. The Morgan fingerprint density at radius 3 is 2.78 bits per heavy atom. The van der Waals surface area contributed by atoms with Crippen LogP contribution in [-0.2, 0) is 14.3 Å². The van der Waals surface area contributed by atoms with Gasteiger partial charge in [-0.1, -0.05) is 0 Å². The smallest absolute Gasteiger partial charge is 0.309 e. The maximum absolute atomic E-state index is 11.5. The molecule has 1 fully saturated rings. The molecule has 0 atom stereocenters. The van der Waals surface area contributed by atoms with Gasteiger partial charge in [-0.25, -0.2) is 0 Å². The zero-order valence-corrected chi connectivity index (χ0v) is 10.3. The third-order valence-electron chi connectivity index (χ3n) is 2.44. The number of hydrogen-bond donors (Lipinski definition) is 2. The van der Waals surface area contributed by atoms with Crippen LogP contribution in [0.1, 0.15) is 23.2 Å². The first-order valence-electron chi connectivity index (χ1n) is 5.41. The fourth-order valence-electron chi connectivity index (χ4n) is 1.34. The number of nitrogens with two attached hydrogens (primary N) is 1. The lowest BCUT2D eigenvalue weighted by Crippen LogP contribution is -2.22. The van der Waals surface area contributed by atoms with Gasteiger partial charge in [-0.2, -0.15) is 0 Å². The van der Waals surface area contributed by atoms with Crippen LogP contribution in [0.15, 0.2) is 11.4 Å². The summed E-state index contributed by atoms with van der Waals surface area (Å²) in [6.45, 7) is -0.342. The first-order valence-corrected chi connectivity index (χ1v) is 6.29. The van der Waals surface area contributed by atoms with E-state index < -0.39 is 11.8 Å². The van der Waals surface area contributed by atoms with Gasteiger partial charge in [0.25, 0.3) is 11.8 Å². The summed E-state index contributed by atoms with van der Waals surface area (Å²) in [6.07, 6.45) is 1.66. The molecule has 1 heterocycles. The van der Waals surface area contributed by atoms with Crippen molar-refractivity contribution in [1.82, 2.24) is 0 Å². The molecule has 3 N–H and O–H groups in total. The second-order valence-corrected chi connectivity index (χ2v) is 4.87. The van der Waals surface area contributed by atoms with E-state index in [4.69, 9.17) is 10.5 Å². The molecule has 96 valence electrons. The molecule has 0 radical (unpaired) electrons. The van der Waals surface area contributed by atoms with E-state index in [1.807, 2.05) is 0 Å². The van der Waals surface area contributed by atoms with E-state index in [0.717, 1.165) is 12.8 Å². The predicted molar refractivity (Wildman–Crippen MR) is 65.1 cm³/mol. The number of nitrogens with one attached hydrogen (secondary N) is 1. The van der Waals surface area contributed by atoms with Crippen LogP contribution in [0.25, 0.3) is 0 Å². The highest BCUT2D eigenvalue weighted by molar-refractivity contribution is 7.14. The lowest BCUT2D eigenvalue weighted by atomic mass is 10.3. The summed E-state index contributed by atoms with van der Waals surface area (Å²) in [7, 11) is 0. The van der Waals surface area contributed by atoms with Gasteiger partial charge in [0.15, 0.2) is 6.61 Å². The van der Waals surface area contributed by atoms with Crippen LogP contribution in [0.4, 0.5) is 5.00 Å². The van der Waals surface area contributed by atoms with Gasteiger partial charge in [0.05, 0.1) is 11.5 Å². The van der Waals surface area contributed by atoms with Crippen molar-refractivity contribution in [2.24, 2.45) is 11.7 Å². The third-order valence-corrected chi connectivity index (χ3v) is 3.27. The maximum atomic E-state index is 11.5. The van der Waals surface area contributed by atoms with Crippen molar-refractivity contribution in [1.29, 1.82) is 0 Å². The number of esters is 1. The average molecular weight is 268 g/mol. The minimum absolute atomic E-state index is 0.0410. The van der Waals surface area contributed by atoms with Crippen molar-refractivity contribution >= 4 is 34.1 Å². The number of carbonyl (C=O) groups excluding carboxylic acids is 3. The molecule has 0 aliphatic heterocycles. The molecule has 0 bridgehead atoms. The van der Waals surface area contributed by atoms with Crippen molar-refractivity contribution in [2.45, 2.75) is 12.8 Å². The van der Waals surface area contributed by atoms with E-state index in [-0.39, 0.29) is 24.1 Å². The SMILES string of the molecule is NC(=O)c1ccsc1NC(=O)COC(=O)C1CC1. The van der Waals surface area contributed by atoms with E-state index in [1.54, 1.807) is 5.38 Å². The van der Waals surface area contributed by atoms with Crippen LogP contribution < -0.4 is 11.1 Å². The Morgan fingerprint density at radius 2 is 2.17 bits per heavy atom. The number of amides is 2. The number of carbonyl (C=O) groups is 3. The Bertz CT molecular complexity index is 493. The summed E-state index contributed by atoms with van der Waals surface area (Å²) < 4.78 is 4.81. The molecule has 0 spiro atoms. The normalized spacial score (nSPS) is 14.0. The maximum Gasteiger partial charge on any atom is 0.309 e. The summed E-state index contributed by atoms with van der Waals surface area (Å²) in [5.74, 6) is -1.47. The van der Waals surface area contributed by atoms with Gasteiger partial charge >= 0.3 is 5.97 Å². The lowest BCUT2D eigenvalue weighted by molar-refractivity contribution is -0.148. The number of anilines is 1. The van der Waals surface area contributed by atoms with Gasteiger partial charge in [0.2, 0.25) is 0 Å². The van der Waals surface area contributed by atoms with E-state index in [9.17, 15) is 14.4 Å². The number of rotatable bonds is 5. The Labute approximate surface area is 107 Å². The molecule has 2 amide bonds. The van der Waals surface area contributed by atoms with Crippen LogP contribution in [0.3, 0.4) is 0 Å². The number of thiophene rings is 1. The molecule has 1 aliphatic carbocycles. The molecule has 0 saturated heterocycles. The topological polar surface area (TPSA) is 98.5 Å². The standard InChI is InChI=1S/C11H12N2O4S/c12-9(15)7-3-4-18-10(7)13-8(14)5-17-11(16)6-1-2-6/h3-4,6H,1-2,5H2,(H2,12,15)(H,13,14). The highest BCUT2D eigenvalue weighted by Crippen LogP contribution is 2.30. The first kappa shape index (κ1) is 12.6. The molecule has 18 heavy (non-hydrogen) atoms. The van der Waals surface area contributed by atoms with Crippen molar-refractivity contribution in [3.05, 3.63) is 17.0 Å². The van der Waals surface area contributed by atoms with Gasteiger partial charge in [-0.15, -0.1) is 11.3 Å². The number of hydrogen-bond acceptors (Lipinski definition) is 5.